The molecule has 0 aromatic rings. The molecule has 4 atom stereocenters. The van der Waals surface area contributed by atoms with Crippen molar-refractivity contribution in [1.82, 2.24) is 0 Å². The van der Waals surface area contributed by atoms with E-state index in [4.69, 9.17) is 9.47 Å². The lowest BCUT2D eigenvalue weighted by atomic mass is 9.90. The lowest BCUT2D eigenvalue weighted by molar-refractivity contribution is 0.150. The van der Waals surface area contributed by atoms with E-state index in [9.17, 15) is 5.11 Å². The number of hydrogen-bond donors (Lipinski definition) is 1. The molecule has 0 aromatic carbocycles. The van der Waals surface area contributed by atoms with Crippen LogP contribution in [0.4, 0.5) is 0 Å². The van der Waals surface area contributed by atoms with E-state index in [-0.39, 0.29) is 11.7 Å². The molecule has 0 spiro atoms. The molecule has 3 heteroatoms. The predicted octanol–water partition coefficient (Wildman–Crippen LogP) is 4.08. The van der Waals surface area contributed by atoms with Gasteiger partial charge in [-0.05, 0) is 76.0 Å². The van der Waals surface area contributed by atoms with Crippen molar-refractivity contribution in [2.24, 2.45) is 0 Å². The van der Waals surface area contributed by atoms with Crippen LogP contribution in [0.2, 0.25) is 0 Å². The third kappa shape index (κ3) is 3.78. The third-order valence-corrected chi connectivity index (χ3v) is 5.74. The maximum Gasteiger partial charge on any atom is 0.0977 e. The normalized spacial score (nSPS) is 41.7. The molecule has 0 saturated carbocycles. The smallest absolute Gasteiger partial charge is 0.0977 e. The number of hydrogen-bond acceptors (Lipinski definition) is 3. The van der Waals surface area contributed by atoms with E-state index in [1.807, 2.05) is 0 Å². The molecule has 1 N–H and O–H groups in total. The Morgan fingerprint density at radius 2 is 2.00 bits per heavy atom. The van der Waals surface area contributed by atoms with E-state index < -0.39 is 6.10 Å². The van der Waals surface area contributed by atoms with Crippen LogP contribution in [0.1, 0.15) is 59.3 Å². The number of epoxide rings is 1. The van der Waals surface area contributed by atoms with E-state index >= 15 is 0 Å². The summed E-state index contributed by atoms with van der Waals surface area (Å²) >= 11 is 0. The number of fused-ring (bicyclic) bond motifs is 2. The van der Waals surface area contributed by atoms with Crippen molar-refractivity contribution in [3.05, 3.63) is 34.9 Å². The molecule has 1 fully saturated rings. The summed E-state index contributed by atoms with van der Waals surface area (Å²) in [4.78, 5) is 0. The Balaban J connectivity index is 1.77. The molecular weight excluding hydrogens is 288 g/mol. The van der Waals surface area contributed by atoms with Crippen molar-refractivity contribution in [2.45, 2.75) is 83.2 Å². The van der Waals surface area contributed by atoms with Crippen LogP contribution < -0.4 is 0 Å². The molecule has 0 aromatic heterocycles. The molecule has 0 amide bonds. The molecule has 23 heavy (non-hydrogen) atoms. The summed E-state index contributed by atoms with van der Waals surface area (Å²) in [6, 6.07) is 0. The van der Waals surface area contributed by atoms with Crippen LogP contribution in [0.5, 0.6) is 0 Å². The van der Waals surface area contributed by atoms with Gasteiger partial charge < -0.3 is 14.6 Å². The van der Waals surface area contributed by atoms with E-state index in [1.54, 1.807) is 0 Å². The van der Waals surface area contributed by atoms with Crippen LogP contribution >= 0.6 is 0 Å². The van der Waals surface area contributed by atoms with Gasteiger partial charge in [-0.1, -0.05) is 18.2 Å². The Labute approximate surface area is 140 Å². The molecule has 128 valence electrons. The first-order valence-electron chi connectivity index (χ1n) is 8.90. The highest BCUT2D eigenvalue weighted by Crippen LogP contribution is 2.44. The van der Waals surface area contributed by atoms with Gasteiger partial charge in [0.25, 0.3) is 0 Å². The van der Waals surface area contributed by atoms with E-state index in [0.717, 1.165) is 50.7 Å². The first-order valence-corrected chi connectivity index (χ1v) is 8.90. The number of aliphatic hydroxyl groups is 1. The third-order valence-electron chi connectivity index (χ3n) is 5.74. The number of ether oxygens (including phenoxy) is 2. The maximum absolute atomic E-state index is 10.4. The van der Waals surface area contributed by atoms with Crippen molar-refractivity contribution in [3.8, 4) is 0 Å². The van der Waals surface area contributed by atoms with Crippen LogP contribution in [0.25, 0.3) is 0 Å². The minimum absolute atomic E-state index is 0.0445. The van der Waals surface area contributed by atoms with Crippen LogP contribution in [0.15, 0.2) is 34.9 Å². The zero-order valence-corrected chi connectivity index (χ0v) is 14.7. The highest BCUT2D eigenvalue weighted by atomic mass is 16.6. The summed E-state index contributed by atoms with van der Waals surface area (Å²) in [6.07, 6.45) is 7.84. The predicted molar refractivity (Wildman–Crippen MR) is 92.3 cm³/mol. The Morgan fingerprint density at radius 1 is 1.22 bits per heavy atom. The maximum atomic E-state index is 10.4. The summed E-state index contributed by atoms with van der Waals surface area (Å²) in [5.74, 6) is 0. The van der Waals surface area contributed by atoms with Gasteiger partial charge in [0.1, 0.15) is 0 Å². The van der Waals surface area contributed by atoms with Crippen LogP contribution in [-0.4, -0.2) is 35.6 Å². The standard InChI is InChI=1S/C20H30O3/c1-13-5-8-19-20(4,23-19)10-9-17(21)14(2)6-7-16-15(3)12-22-18(16)11-13/h11,17-19,21H,2,5-10,12H2,1,3-4H3/b13-11+/t17-,18+,19+,20+/m1/s1. The topological polar surface area (TPSA) is 42.0 Å². The second-order valence-corrected chi connectivity index (χ2v) is 7.72. The molecule has 3 aliphatic rings. The number of aliphatic hydroxyl groups excluding tert-OH is 1. The molecule has 2 aliphatic heterocycles. The summed E-state index contributed by atoms with van der Waals surface area (Å²) in [5, 5.41) is 10.4. The van der Waals surface area contributed by atoms with E-state index in [1.165, 1.54) is 16.7 Å². The molecule has 1 aliphatic carbocycles. The van der Waals surface area contributed by atoms with Gasteiger partial charge in [0.2, 0.25) is 0 Å². The van der Waals surface area contributed by atoms with Crippen molar-refractivity contribution >= 4 is 0 Å². The van der Waals surface area contributed by atoms with Crippen molar-refractivity contribution in [2.75, 3.05) is 6.61 Å². The van der Waals surface area contributed by atoms with Gasteiger partial charge in [-0.2, -0.15) is 0 Å². The SMILES string of the molecule is C=C1CCC2=C(C)CO[C@H]2/C=C(\C)CC[C@@H]2O[C@@]2(C)CC[C@H]1O. The van der Waals surface area contributed by atoms with Crippen molar-refractivity contribution in [3.63, 3.8) is 0 Å². The molecule has 3 rings (SSSR count). The molecule has 0 radical (unpaired) electrons. The Kier molecular flexibility index (Phi) is 4.82. The zero-order valence-electron chi connectivity index (χ0n) is 14.7. The molecular formula is C20H30O3. The fourth-order valence-electron chi connectivity index (χ4n) is 3.82. The Bertz CT molecular complexity index is 545. The highest BCUT2D eigenvalue weighted by Gasteiger charge is 2.51. The van der Waals surface area contributed by atoms with E-state index in [2.05, 4.69) is 33.4 Å². The lowest BCUT2D eigenvalue weighted by Crippen LogP contribution is -2.18. The van der Waals surface area contributed by atoms with Crippen molar-refractivity contribution < 1.29 is 14.6 Å². The van der Waals surface area contributed by atoms with Gasteiger partial charge >= 0.3 is 0 Å². The second-order valence-electron chi connectivity index (χ2n) is 7.72. The fourth-order valence-corrected chi connectivity index (χ4v) is 3.82. The summed E-state index contributed by atoms with van der Waals surface area (Å²) < 4.78 is 11.9. The summed E-state index contributed by atoms with van der Waals surface area (Å²) in [6.45, 7) is 11.4. The van der Waals surface area contributed by atoms with Gasteiger partial charge in [-0.25, -0.2) is 0 Å². The van der Waals surface area contributed by atoms with Crippen LogP contribution in [0.3, 0.4) is 0 Å². The van der Waals surface area contributed by atoms with Gasteiger partial charge in [-0.3, -0.25) is 0 Å². The number of rotatable bonds is 0. The van der Waals surface area contributed by atoms with Gasteiger partial charge in [0.05, 0.1) is 30.5 Å². The van der Waals surface area contributed by atoms with Gasteiger partial charge in [0, 0.05) is 0 Å². The monoisotopic (exact) mass is 318 g/mol. The quantitative estimate of drug-likeness (QED) is 0.540. The lowest BCUT2D eigenvalue weighted by Gasteiger charge is -2.18. The first-order chi connectivity index (χ1) is 10.9. The average Bonchev–Trinajstić information content (AvgIpc) is 3.04. The van der Waals surface area contributed by atoms with Gasteiger partial charge in [-0.15, -0.1) is 0 Å². The minimum Gasteiger partial charge on any atom is -0.389 e. The number of allylic oxidation sites excluding steroid dienone is 1. The molecule has 1 saturated heterocycles. The molecule has 0 unspecified atom stereocenters. The average molecular weight is 318 g/mol. The van der Waals surface area contributed by atoms with E-state index in [0.29, 0.717) is 6.10 Å². The van der Waals surface area contributed by atoms with Gasteiger partial charge in [0.15, 0.2) is 0 Å². The molecule has 2 heterocycles. The van der Waals surface area contributed by atoms with Crippen LogP contribution in [-0.2, 0) is 9.47 Å². The highest BCUT2D eigenvalue weighted by molar-refractivity contribution is 5.29. The zero-order chi connectivity index (χ0) is 16.6. The Hall–Kier alpha value is -0.900. The second kappa shape index (κ2) is 6.54. The summed E-state index contributed by atoms with van der Waals surface area (Å²) in [5.41, 5.74) is 5.00. The van der Waals surface area contributed by atoms with Crippen LogP contribution in [0, 0.1) is 0 Å². The van der Waals surface area contributed by atoms with Crippen molar-refractivity contribution in [1.29, 1.82) is 0 Å². The minimum atomic E-state index is -0.418. The molecule has 3 nitrogen and oxygen atoms in total. The molecule has 0 bridgehead atoms. The Morgan fingerprint density at radius 3 is 2.78 bits per heavy atom. The first kappa shape index (κ1) is 16.9. The summed E-state index contributed by atoms with van der Waals surface area (Å²) in [7, 11) is 0. The fraction of sp³-hybridized carbons (Fsp3) is 0.700. The largest absolute Gasteiger partial charge is 0.389 e.